The van der Waals surface area contributed by atoms with Gasteiger partial charge in [0.2, 0.25) is 5.91 Å². The van der Waals surface area contributed by atoms with Gasteiger partial charge in [0, 0.05) is 19.5 Å². The molecule has 5 nitrogen and oxygen atoms in total. The van der Waals surface area contributed by atoms with Gasteiger partial charge in [-0.05, 0) is 41.7 Å². The van der Waals surface area contributed by atoms with Crippen LogP contribution in [0, 0.1) is 17.5 Å². The van der Waals surface area contributed by atoms with Crippen LogP contribution in [0.25, 0.3) is 0 Å². The fourth-order valence-electron chi connectivity index (χ4n) is 2.74. The molecule has 2 rings (SSSR count). The predicted molar refractivity (Wildman–Crippen MR) is 112 cm³/mol. The molecular weight excluding hydrogens is 409 g/mol. The van der Waals surface area contributed by atoms with Crippen LogP contribution in [0.2, 0.25) is 0 Å². The second-order valence-electron chi connectivity index (χ2n) is 8.06. The van der Waals surface area contributed by atoms with Crippen LogP contribution in [0.4, 0.5) is 13.2 Å². The summed E-state index contributed by atoms with van der Waals surface area (Å²) in [6, 6.07) is 9.37. The lowest BCUT2D eigenvalue weighted by molar-refractivity contribution is -0.121. The summed E-state index contributed by atoms with van der Waals surface area (Å²) in [6.45, 7) is 6.91. The average Bonchev–Trinajstić information content (AvgIpc) is 2.72. The molecule has 0 fully saturated rings. The first kappa shape index (κ1) is 24.2. The van der Waals surface area contributed by atoms with E-state index in [0.717, 1.165) is 11.8 Å². The predicted octanol–water partition coefficient (Wildman–Crippen LogP) is 4.11. The van der Waals surface area contributed by atoms with Crippen molar-refractivity contribution in [1.29, 1.82) is 0 Å². The number of nitrogens with one attached hydrogen (secondary N) is 2. The Labute approximate surface area is 180 Å². The number of ether oxygens (including phenoxy) is 1. The summed E-state index contributed by atoms with van der Waals surface area (Å²) in [5.74, 6) is -4.99. The van der Waals surface area contributed by atoms with Crippen LogP contribution in [-0.4, -0.2) is 31.5 Å². The van der Waals surface area contributed by atoms with E-state index in [1.807, 2.05) is 24.3 Å². The van der Waals surface area contributed by atoms with Gasteiger partial charge in [0.15, 0.2) is 17.5 Å². The minimum absolute atomic E-state index is 0.0135. The van der Waals surface area contributed by atoms with Gasteiger partial charge in [0.1, 0.15) is 5.75 Å². The molecule has 0 aliphatic heterocycles. The van der Waals surface area contributed by atoms with Gasteiger partial charge in [-0.3, -0.25) is 9.59 Å². The Hall–Kier alpha value is -3.03. The Morgan fingerprint density at radius 2 is 1.55 bits per heavy atom. The summed E-state index contributed by atoms with van der Waals surface area (Å²) >= 11 is 0. The molecule has 31 heavy (non-hydrogen) atoms. The maximum atomic E-state index is 13.6. The van der Waals surface area contributed by atoms with Crippen LogP contribution in [0.15, 0.2) is 36.4 Å². The molecule has 168 valence electrons. The van der Waals surface area contributed by atoms with Crippen LogP contribution in [0.3, 0.4) is 0 Å². The van der Waals surface area contributed by atoms with Gasteiger partial charge >= 0.3 is 0 Å². The number of amides is 2. The van der Waals surface area contributed by atoms with Crippen LogP contribution in [0.5, 0.6) is 5.75 Å². The highest BCUT2D eigenvalue weighted by Gasteiger charge is 2.18. The molecule has 0 radical (unpaired) electrons. The van der Waals surface area contributed by atoms with Crippen molar-refractivity contribution in [2.45, 2.75) is 39.0 Å². The van der Waals surface area contributed by atoms with Crippen molar-refractivity contribution in [1.82, 2.24) is 10.6 Å². The first-order valence-corrected chi connectivity index (χ1v) is 10.0. The molecule has 0 saturated heterocycles. The standard InChI is InChI=1S/C23H27F3N2O3/c1-23(2,3)15-6-8-16(9-7-15)31-14-4-5-19(29)27-12-13-28-22(30)17-10-11-18(24)21(26)20(17)25/h6-11H,4-5,12-14H2,1-3H3,(H,27,29)(H,28,30). The van der Waals surface area contributed by atoms with E-state index in [9.17, 15) is 22.8 Å². The summed E-state index contributed by atoms with van der Waals surface area (Å²) in [4.78, 5) is 23.7. The third-order valence-corrected chi connectivity index (χ3v) is 4.55. The van der Waals surface area contributed by atoms with Crippen molar-refractivity contribution in [3.05, 3.63) is 65.0 Å². The number of benzene rings is 2. The molecule has 2 N–H and O–H groups in total. The molecule has 0 heterocycles. The van der Waals surface area contributed by atoms with Gasteiger partial charge in [-0.2, -0.15) is 0 Å². The Morgan fingerprint density at radius 1 is 0.903 bits per heavy atom. The normalized spacial score (nSPS) is 11.2. The molecule has 2 aromatic rings. The fraction of sp³-hybridized carbons (Fsp3) is 0.391. The average molecular weight is 436 g/mol. The van der Waals surface area contributed by atoms with Crippen LogP contribution in [-0.2, 0) is 10.2 Å². The van der Waals surface area contributed by atoms with Crippen LogP contribution in [0.1, 0.15) is 49.5 Å². The molecule has 0 unspecified atom stereocenters. The van der Waals surface area contributed by atoms with E-state index in [4.69, 9.17) is 4.74 Å². The number of hydrogen-bond donors (Lipinski definition) is 2. The van der Waals surface area contributed by atoms with Gasteiger partial charge in [0.05, 0.1) is 12.2 Å². The van der Waals surface area contributed by atoms with E-state index < -0.39 is 28.9 Å². The zero-order chi connectivity index (χ0) is 23.0. The van der Waals surface area contributed by atoms with Crippen molar-refractivity contribution in [2.24, 2.45) is 0 Å². The van der Waals surface area contributed by atoms with E-state index in [0.29, 0.717) is 19.1 Å². The Balaban J connectivity index is 1.62. The molecule has 0 spiro atoms. The highest BCUT2D eigenvalue weighted by Crippen LogP contribution is 2.24. The largest absolute Gasteiger partial charge is 0.494 e. The van der Waals surface area contributed by atoms with Crippen LogP contribution < -0.4 is 15.4 Å². The van der Waals surface area contributed by atoms with Crippen molar-refractivity contribution >= 4 is 11.8 Å². The summed E-state index contributed by atoms with van der Waals surface area (Å²) in [5.41, 5.74) is 0.677. The van der Waals surface area contributed by atoms with E-state index >= 15 is 0 Å². The van der Waals surface area contributed by atoms with E-state index in [2.05, 4.69) is 31.4 Å². The second-order valence-corrected chi connectivity index (χ2v) is 8.06. The maximum absolute atomic E-state index is 13.6. The van der Waals surface area contributed by atoms with E-state index in [1.165, 1.54) is 5.56 Å². The lowest BCUT2D eigenvalue weighted by Crippen LogP contribution is -2.35. The zero-order valence-electron chi connectivity index (χ0n) is 17.9. The molecule has 0 saturated carbocycles. The third-order valence-electron chi connectivity index (χ3n) is 4.55. The highest BCUT2D eigenvalue weighted by molar-refractivity contribution is 5.94. The minimum atomic E-state index is -1.70. The van der Waals surface area contributed by atoms with Gasteiger partial charge in [0.25, 0.3) is 5.91 Å². The molecule has 0 bridgehead atoms. The molecular formula is C23H27F3N2O3. The topological polar surface area (TPSA) is 67.4 Å². The summed E-state index contributed by atoms with van der Waals surface area (Å²) in [5, 5.41) is 4.95. The number of halogens is 3. The maximum Gasteiger partial charge on any atom is 0.254 e. The van der Waals surface area contributed by atoms with Gasteiger partial charge in [-0.1, -0.05) is 32.9 Å². The SMILES string of the molecule is CC(C)(C)c1ccc(OCCCC(=O)NCCNC(=O)c2ccc(F)c(F)c2F)cc1. The second kappa shape index (κ2) is 10.8. The summed E-state index contributed by atoms with van der Waals surface area (Å²) < 4.78 is 45.3. The van der Waals surface area contributed by atoms with Crippen LogP contribution >= 0.6 is 0 Å². The first-order chi connectivity index (χ1) is 14.6. The number of carbonyl (C=O) groups is 2. The van der Waals surface area contributed by atoms with E-state index in [-0.39, 0.29) is 30.8 Å². The first-order valence-electron chi connectivity index (χ1n) is 10.0. The lowest BCUT2D eigenvalue weighted by atomic mass is 9.87. The minimum Gasteiger partial charge on any atom is -0.494 e. The highest BCUT2D eigenvalue weighted by atomic mass is 19.2. The molecule has 8 heteroatoms. The Morgan fingerprint density at radius 3 is 2.19 bits per heavy atom. The summed E-state index contributed by atoms with van der Waals surface area (Å²) in [7, 11) is 0. The van der Waals surface area contributed by atoms with Gasteiger partial charge in [-0.15, -0.1) is 0 Å². The zero-order valence-corrected chi connectivity index (χ0v) is 17.9. The van der Waals surface area contributed by atoms with Crippen molar-refractivity contribution in [3.63, 3.8) is 0 Å². The number of rotatable bonds is 9. The number of carbonyl (C=O) groups excluding carboxylic acids is 2. The van der Waals surface area contributed by atoms with Crippen molar-refractivity contribution < 1.29 is 27.5 Å². The summed E-state index contributed by atoms with van der Waals surface area (Å²) in [6.07, 6.45) is 0.755. The molecule has 0 atom stereocenters. The third kappa shape index (κ3) is 7.31. The van der Waals surface area contributed by atoms with Crippen molar-refractivity contribution in [3.8, 4) is 5.75 Å². The lowest BCUT2D eigenvalue weighted by Gasteiger charge is -2.19. The molecule has 0 aliphatic carbocycles. The monoisotopic (exact) mass is 436 g/mol. The molecule has 2 aromatic carbocycles. The molecule has 0 aliphatic rings. The Kier molecular flexibility index (Phi) is 8.47. The van der Waals surface area contributed by atoms with Gasteiger partial charge in [-0.25, -0.2) is 13.2 Å². The van der Waals surface area contributed by atoms with Gasteiger partial charge < -0.3 is 15.4 Å². The Bertz CT molecular complexity index is 910. The fourth-order valence-corrected chi connectivity index (χ4v) is 2.74. The number of hydrogen-bond acceptors (Lipinski definition) is 3. The van der Waals surface area contributed by atoms with Crippen molar-refractivity contribution in [2.75, 3.05) is 19.7 Å². The molecule has 0 aromatic heterocycles. The quantitative estimate of drug-likeness (QED) is 0.459. The van der Waals surface area contributed by atoms with E-state index in [1.54, 1.807) is 0 Å². The molecule has 2 amide bonds. The smallest absolute Gasteiger partial charge is 0.254 e.